The number of anilines is 1. The number of nitro benzene ring substituents is 1. The zero-order chi connectivity index (χ0) is 15.9. The van der Waals surface area contributed by atoms with Crippen LogP contribution < -0.4 is 10.6 Å². The van der Waals surface area contributed by atoms with E-state index in [1.165, 1.54) is 6.07 Å². The molecule has 5 nitrogen and oxygen atoms in total. The molecule has 2 aromatic carbocycles. The maximum Gasteiger partial charge on any atom is 0.277 e. The van der Waals surface area contributed by atoms with E-state index in [2.05, 4.69) is 17.6 Å². The summed E-state index contributed by atoms with van der Waals surface area (Å²) in [6, 6.07) is 14.1. The lowest BCUT2D eigenvalue weighted by Crippen LogP contribution is -2.28. The lowest BCUT2D eigenvalue weighted by molar-refractivity contribution is -0.384. The van der Waals surface area contributed by atoms with Crippen LogP contribution in [0.4, 0.5) is 11.4 Å². The Kier molecular flexibility index (Phi) is 5.43. The van der Waals surface area contributed by atoms with E-state index in [1.54, 1.807) is 18.2 Å². The van der Waals surface area contributed by atoms with Gasteiger partial charge in [0.2, 0.25) is 0 Å². The summed E-state index contributed by atoms with van der Waals surface area (Å²) in [4.78, 5) is 10.7. The van der Waals surface area contributed by atoms with Gasteiger partial charge in [0.15, 0.2) is 5.11 Å². The van der Waals surface area contributed by atoms with Gasteiger partial charge in [-0.3, -0.25) is 10.1 Å². The molecule has 0 aromatic heterocycles. The molecule has 0 unspecified atom stereocenters. The summed E-state index contributed by atoms with van der Waals surface area (Å²) in [7, 11) is 0. The van der Waals surface area contributed by atoms with Crippen LogP contribution in [0.2, 0.25) is 0 Å². The van der Waals surface area contributed by atoms with Crippen molar-refractivity contribution < 1.29 is 4.92 Å². The molecule has 0 saturated heterocycles. The van der Waals surface area contributed by atoms with E-state index < -0.39 is 0 Å². The van der Waals surface area contributed by atoms with E-state index in [4.69, 9.17) is 12.2 Å². The van der Waals surface area contributed by atoms with Crippen molar-refractivity contribution in [2.75, 3.05) is 11.9 Å². The Morgan fingerprint density at radius 1 is 1.18 bits per heavy atom. The second-order valence-corrected chi connectivity index (χ2v) is 5.14. The third-order valence-corrected chi connectivity index (χ3v) is 3.34. The largest absolute Gasteiger partial charge is 0.362 e. The van der Waals surface area contributed by atoms with Crippen LogP contribution >= 0.6 is 12.2 Å². The topological polar surface area (TPSA) is 67.2 Å². The molecule has 2 aromatic rings. The lowest BCUT2D eigenvalue weighted by Gasteiger charge is -2.10. The summed E-state index contributed by atoms with van der Waals surface area (Å²) >= 11 is 5.17. The van der Waals surface area contributed by atoms with Gasteiger partial charge in [-0.25, -0.2) is 0 Å². The number of benzene rings is 2. The van der Waals surface area contributed by atoms with E-state index in [-0.39, 0.29) is 10.6 Å². The normalized spacial score (nSPS) is 10.0. The number of para-hydroxylation sites is 1. The highest BCUT2D eigenvalue weighted by Crippen LogP contribution is 2.30. The first kappa shape index (κ1) is 15.9. The van der Waals surface area contributed by atoms with Crippen LogP contribution in [0.3, 0.4) is 0 Å². The Hall–Kier alpha value is -2.47. The molecule has 0 aliphatic rings. The number of hydrogen-bond acceptors (Lipinski definition) is 3. The van der Waals surface area contributed by atoms with E-state index >= 15 is 0 Å². The number of thiocarbonyl (C=S) groups is 1. The van der Waals surface area contributed by atoms with E-state index in [9.17, 15) is 10.1 Å². The Morgan fingerprint density at radius 3 is 2.50 bits per heavy atom. The molecular weight excluding hydrogens is 298 g/mol. The first-order valence-corrected chi connectivity index (χ1v) is 7.41. The summed E-state index contributed by atoms with van der Waals surface area (Å²) in [5.41, 5.74) is 2.34. The average molecular weight is 315 g/mol. The molecule has 0 aliphatic carbocycles. The molecule has 0 heterocycles. The number of hydrogen-bond donors (Lipinski definition) is 2. The van der Waals surface area contributed by atoms with Gasteiger partial charge in [-0.15, -0.1) is 0 Å². The van der Waals surface area contributed by atoms with Crippen LogP contribution in [0.25, 0.3) is 11.1 Å². The molecule has 2 N–H and O–H groups in total. The molecule has 0 spiro atoms. The van der Waals surface area contributed by atoms with Crippen molar-refractivity contribution >= 4 is 28.7 Å². The van der Waals surface area contributed by atoms with E-state index in [0.717, 1.165) is 24.2 Å². The molecule has 0 saturated carbocycles. The van der Waals surface area contributed by atoms with Gasteiger partial charge in [0.05, 0.1) is 10.5 Å². The minimum Gasteiger partial charge on any atom is -0.362 e. The quantitative estimate of drug-likeness (QED) is 0.496. The number of nitro groups is 1. The maximum atomic E-state index is 11.1. The summed E-state index contributed by atoms with van der Waals surface area (Å²) < 4.78 is 0. The van der Waals surface area contributed by atoms with Crippen LogP contribution in [-0.2, 0) is 0 Å². The smallest absolute Gasteiger partial charge is 0.277 e. The van der Waals surface area contributed by atoms with Gasteiger partial charge in [-0.05, 0) is 42.4 Å². The van der Waals surface area contributed by atoms with Crippen molar-refractivity contribution in [2.45, 2.75) is 13.3 Å². The Labute approximate surface area is 134 Å². The minimum absolute atomic E-state index is 0.100. The van der Waals surface area contributed by atoms with Gasteiger partial charge in [0.1, 0.15) is 0 Å². The van der Waals surface area contributed by atoms with Crippen molar-refractivity contribution in [3.63, 3.8) is 0 Å². The molecule has 0 amide bonds. The monoisotopic (exact) mass is 315 g/mol. The third-order valence-electron chi connectivity index (χ3n) is 3.09. The molecule has 0 aliphatic heterocycles. The van der Waals surface area contributed by atoms with Crippen LogP contribution in [0.5, 0.6) is 0 Å². The van der Waals surface area contributed by atoms with Gasteiger partial charge >= 0.3 is 0 Å². The van der Waals surface area contributed by atoms with E-state index in [0.29, 0.717) is 10.7 Å². The fraction of sp³-hybridized carbons (Fsp3) is 0.188. The highest BCUT2D eigenvalue weighted by molar-refractivity contribution is 7.80. The molecular formula is C16H17N3O2S. The predicted molar refractivity (Wildman–Crippen MR) is 93.0 cm³/mol. The van der Waals surface area contributed by atoms with Gasteiger partial charge in [0, 0.05) is 18.3 Å². The molecule has 0 atom stereocenters. The Balaban J connectivity index is 2.16. The zero-order valence-corrected chi connectivity index (χ0v) is 13.0. The lowest BCUT2D eigenvalue weighted by atomic mass is 10.0. The summed E-state index contributed by atoms with van der Waals surface area (Å²) in [5.74, 6) is 0. The number of rotatable bonds is 5. The second kappa shape index (κ2) is 7.51. The van der Waals surface area contributed by atoms with Crippen LogP contribution in [0.1, 0.15) is 13.3 Å². The van der Waals surface area contributed by atoms with Crippen molar-refractivity contribution in [3.05, 3.63) is 58.6 Å². The SMILES string of the molecule is CCCNC(=S)Nc1ccc(-c2ccccc2[N+](=O)[O-])cc1. The van der Waals surface area contributed by atoms with Crippen LogP contribution in [0.15, 0.2) is 48.5 Å². The van der Waals surface area contributed by atoms with Crippen LogP contribution in [0, 0.1) is 10.1 Å². The van der Waals surface area contributed by atoms with Crippen molar-refractivity contribution in [3.8, 4) is 11.1 Å². The van der Waals surface area contributed by atoms with Crippen molar-refractivity contribution in [2.24, 2.45) is 0 Å². The average Bonchev–Trinajstić information content (AvgIpc) is 2.53. The van der Waals surface area contributed by atoms with E-state index in [1.807, 2.05) is 24.3 Å². The molecule has 0 radical (unpaired) electrons. The second-order valence-electron chi connectivity index (χ2n) is 4.73. The third kappa shape index (κ3) is 4.02. The fourth-order valence-corrected chi connectivity index (χ4v) is 2.24. The van der Waals surface area contributed by atoms with Crippen molar-refractivity contribution in [1.29, 1.82) is 0 Å². The summed E-state index contributed by atoms with van der Waals surface area (Å²) in [5, 5.41) is 17.8. The molecule has 6 heteroatoms. The minimum atomic E-state index is -0.370. The fourth-order valence-electron chi connectivity index (χ4n) is 2.02. The highest BCUT2D eigenvalue weighted by atomic mass is 32.1. The summed E-state index contributed by atoms with van der Waals surface area (Å²) in [6.07, 6.45) is 0.998. The highest BCUT2D eigenvalue weighted by Gasteiger charge is 2.13. The molecule has 114 valence electrons. The Bertz CT molecular complexity index is 671. The molecule has 0 fully saturated rings. The van der Waals surface area contributed by atoms with Gasteiger partial charge in [0.25, 0.3) is 5.69 Å². The molecule has 2 rings (SSSR count). The van der Waals surface area contributed by atoms with Crippen LogP contribution in [-0.4, -0.2) is 16.6 Å². The molecule has 0 bridgehead atoms. The number of nitrogens with one attached hydrogen (secondary N) is 2. The van der Waals surface area contributed by atoms with Gasteiger partial charge in [-0.2, -0.15) is 0 Å². The number of nitrogens with zero attached hydrogens (tertiary/aromatic N) is 1. The standard InChI is InChI=1S/C16H17N3O2S/c1-2-11-17-16(22)18-13-9-7-12(8-10-13)14-5-3-4-6-15(14)19(20)21/h3-10H,2,11H2,1H3,(H2,17,18,22). The zero-order valence-electron chi connectivity index (χ0n) is 12.2. The predicted octanol–water partition coefficient (Wildman–Crippen LogP) is 3.96. The van der Waals surface area contributed by atoms with Gasteiger partial charge in [-0.1, -0.05) is 31.2 Å². The Morgan fingerprint density at radius 2 is 1.86 bits per heavy atom. The maximum absolute atomic E-state index is 11.1. The summed E-state index contributed by atoms with van der Waals surface area (Å²) in [6.45, 7) is 2.89. The first-order chi connectivity index (χ1) is 10.6. The van der Waals surface area contributed by atoms with Gasteiger partial charge < -0.3 is 10.6 Å². The molecule has 22 heavy (non-hydrogen) atoms. The first-order valence-electron chi connectivity index (χ1n) is 7.00. The van der Waals surface area contributed by atoms with Crippen molar-refractivity contribution in [1.82, 2.24) is 5.32 Å².